The first-order chi connectivity index (χ1) is 11.0. The molecule has 0 radical (unpaired) electrons. The largest absolute Gasteiger partial charge is 0.326 e. The highest BCUT2D eigenvalue weighted by molar-refractivity contribution is 9.10. The van der Waals surface area contributed by atoms with Gasteiger partial charge in [-0.3, -0.25) is 14.5 Å². The number of nitrogens with zero attached hydrogens (tertiary/aromatic N) is 2. The molecule has 0 aliphatic carbocycles. The van der Waals surface area contributed by atoms with Gasteiger partial charge in [0.2, 0.25) is 11.8 Å². The lowest BCUT2D eigenvalue weighted by molar-refractivity contribution is -0.117. The number of carbonyl (C=O) groups is 2. The van der Waals surface area contributed by atoms with Gasteiger partial charge < -0.3 is 5.32 Å². The van der Waals surface area contributed by atoms with E-state index in [1.165, 1.54) is 11.3 Å². The molecule has 3 rings (SSSR count). The molecule has 1 fully saturated rings. The third-order valence-corrected chi connectivity index (χ3v) is 5.41. The van der Waals surface area contributed by atoms with Gasteiger partial charge >= 0.3 is 0 Å². The Bertz CT molecular complexity index is 760. The number of carbonyl (C=O) groups excluding carboxylic acids is 2. The average Bonchev–Trinajstić information content (AvgIpc) is 3.11. The van der Waals surface area contributed by atoms with E-state index in [4.69, 9.17) is 0 Å². The molecule has 0 spiro atoms. The first-order valence-corrected chi connectivity index (χ1v) is 9.01. The molecule has 7 heteroatoms. The lowest BCUT2D eigenvalue weighted by Gasteiger charge is -2.10. The second kappa shape index (κ2) is 6.80. The summed E-state index contributed by atoms with van der Waals surface area (Å²) in [6, 6.07) is 5.69. The van der Waals surface area contributed by atoms with Gasteiger partial charge in [0, 0.05) is 28.5 Å². The van der Waals surface area contributed by atoms with Crippen LogP contribution in [-0.2, 0) is 16.0 Å². The lowest BCUT2D eigenvalue weighted by atomic mass is 10.2. The van der Waals surface area contributed by atoms with Gasteiger partial charge in [0.05, 0.1) is 12.1 Å². The zero-order valence-corrected chi connectivity index (χ0v) is 15.0. The molecule has 1 aromatic heterocycles. The highest BCUT2D eigenvalue weighted by atomic mass is 79.9. The van der Waals surface area contributed by atoms with Crippen LogP contribution in [0.5, 0.6) is 0 Å². The van der Waals surface area contributed by atoms with Crippen LogP contribution in [0.1, 0.15) is 24.1 Å². The minimum atomic E-state index is -0.120. The van der Waals surface area contributed by atoms with Crippen molar-refractivity contribution in [2.45, 2.75) is 26.2 Å². The molecule has 1 saturated heterocycles. The van der Waals surface area contributed by atoms with Crippen LogP contribution in [0.3, 0.4) is 0 Å². The number of rotatable bonds is 4. The summed E-state index contributed by atoms with van der Waals surface area (Å²) in [7, 11) is 0. The second-order valence-corrected chi connectivity index (χ2v) is 7.15. The topological polar surface area (TPSA) is 62.3 Å². The minimum Gasteiger partial charge on any atom is -0.326 e. The number of hydrogen-bond acceptors (Lipinski definition) is 4. The molecule has 2 aromatic rings. The summed E-state index contributed by atoms with van der Waals surface area (Å²) in [4.78, 5) is 30.0. The van der Waals surface area contributed by atoms with E-state index in [-0.39, 0.29) is 18.2 Å². The number of thiazole rings is 1. The lowest BCUT2D eigenvalue weighted by Crippen LogP contribution is -2.23. The first kappa shape index (κ1) is 16.1. The van der Waals surface area contributed by atoms with Crippen LogP contribution in [0.4, 0.5) is 10.8 Å². The summed E-state index contributed by atoms with van der Waals surface area (Å²) in [5, 5.41) is 5.39. The van der Waals surface area contributed by atoms with Crippen LogP contribution in [-0.4, -0.2) is 23.3 Å². The maximum Gasteiger partial charge on any atom is 0.230 e. The summed E-state index contributed by atoms with van der Waals surface area (Å²) in [5.74, 6) is -0.00907. The number of nitrogens with one attached hydrogen (secondary N) is 1. The molecule has 0 bridgehead atoms. The van der Waals surface area contributed by atoms with Gasteiger partial charge in [0.15, 0.2) is 5.13 Å². The van der Waals surface area contributed by atoms with Gasteiger partial charge in [-0.1, -0.05) is 22.0 Å². The standard InChI is InChI=1S/C16H16BrN3O2S/c1-10-4-5-11(7-13(10)17)18-14(21)8-12-9-23-16(19-12)20-6-2-3-15(20)22/h4-5,7,9H,2-3,6,8H2,1H3,(H,18,21). The van der Waals surface area contributed by atoms with Crippen LogP contribution < -0.4 is 10.2 Å². The van der Waals surface area contributed by atoms with Crippen molar-refractivity contribution >= 4 is 49.9 Å². The Morgan fingerprint density at radius 3 is 3.00 bits per heavy atom. The Morgan fingerprint density at radius 2 is 2.30 bits per heavy atom. The summed E-state index contributed by atoms with van der Waals surface area (Å²) in [5.41, 5.74) is 2.55. The van der Waals surface area contributed by atoms with Crippen molar-refractivity contribution in [1.29, 1.82) is 0 Å². The number of halogens is 1. The number of aromatic nitrogens is 1. The summed E-state index contributed by atoms with van der Waals surface area (Å²) >= 11 is 4.86. The Kier molecular flexibility index (Phi) is 4.77. The van der Waals surface area contributed by atoms with Gasteiger partial charge in [0.25, 0.3) is 0 Å². The van der Waals surface area contributed by atoms with E-state index in [9.17, 15) is 9.59 Å². The Hall–Kier alpha value is -1.73. The number of hydrogen-bond donors (Lipinski definition) is 1. The fourth-order valence-corrected chi connectivity index (χ4v) is 3.64. The third-order valence-electron chi connectivity index (χ3n) is 3.64. The predicted octanol–water partition coefficient (Wildman–Crippen LogP) is 3.52. The van der Waals surface area contributed by atoms with E-state index in [2.05, 4.69) is 26.2 Å². The normalized spacial score (nSPS) is 14.3. The van der Waals surface area contributed by atoms with Gasteiger partial charge in [-0.05, 0) is 31.0 Å². The van der Waals surface area contributed by atoms with E-state index < -0.39 is 0 Å². The number of benzene rings is 1. The van der Waals surface area contributed by atoms with Crippen molar-refractivity contribution < 1.29 is 9.59 Å². The van der Waals surface area contributed by atoms with Crippen molar-refractivity contribution in [2.75, 3.05) is 16.8 Å². The summed E-state index contributed by atoms with van der Waals surface area (Å²) in [6.07, 6.45) is 1.65. The van der Waals surface area contributed by atoms with E-state index in [1.54, 1.807) is 4.90 Å². The van der Waals surface area contributed by atoms with E-state index >= 15 is 0 Å². The summed E-state index contributed by atoms with van der Waals surface area (Å²) in [6.45, 7) is 2.71. The van der Waals surface area contributed by atoms with Gasteiger partial charge in [-0.25, -0.2) is 4.98 Å². The zero-order valence-electron chi connectivity index (χ0n) is 12.6. The molecular formula is C16H16BrN3O2S. The number of aryl methyl sites for hydroxylation is 1. The van der Waals surface area contributed by atoms with Gasteiger partial charge in [0.1, 0.15) is 0 Å². The first-order valence-electron chi connectivity index (χ1n) is 7.34. The van der Waals surface area contributed by atoms with E-state index in [0.29, 0.717) is 17.2 Å². The Balaban J connectivity index is 1.63. The highest BCUT2D eigenvalue weighted by Crippen LogP contribution is 2.26. The molecular weight excluding hydrogens is 378 g/mol. The minimum absolute atomic E-state index is 0.111. The van der Waals surface area contributed by atoms with Crippen LogP contribution in [0.25, 0.3) is 0 Å². The van der Waals surface area contributed by atoms with Crippen LogP contribution in [0.2, 0.25) is 0 Å². The quantitative estimate of drug-likeness (QED) is 0.863. The van der Waals surface area contributed by atoms with Crippen molar-refractivity contribution in [3.05, 3.63) is 39.3 Å². The maximum absolute atomic E-state index is 12.1. The molecule has 0 atom stereocenters. The molecule has 2 heterocycles. The van der Waals surface area contributed by atoms with Crippen molar-refractivity contribution in [3.63, 3.8) is 0 Å². The third kappa shape index (κ3) is 3.79. The molecule has 1 N–H and O–H groups in total. The molecule has 0 unspecified atom stereocenters. The molecule has 5 nitrogen and oxygen atoms in total. The summed E-state index contributed by atoms with van der Waals surface area (Å²) < 4.78 is 0.957. The molecule has 1 aliphatic heterocycles. The van der Waals surface area contributed by atoms with Crippen molar-refractivity contribution in [3.8, 4) is 0 Å². The fourth-order valence-electron chi connectivity index (χ4n) is 2.39. The Labute approximate surface area is 146 Å². The zero-order chi connectivity index (χ0) is 16.4. The molecule has 1 aromatic carbocycles. The van der Waals surface area contributed by atoms with Crippen LogP contribution >= 0.6 is 27.3 Å². The number of anilines is 2. The number of amides is 2. The predicted molar refractivity (Wildman–Crippen MR) is 94.9 cm³/mol. The van der Waals surface area contributed by atoms with Gasteiger partial charge in [-0.2, -0.15) is 0 Å². The van der Waals surface area contributed by atoms with Crippen molar-refractivity contribution in [1.82, 2.24) is 4.98 Å². The molecule has 23 heavy (non-hydrogen) atoms. The van der Waals surface area contributed by atoms with Crippen LogP contribution in [0.15, 0.2) is 28.1 Å². The average molecular weight is 394 g/mol. The van der Waals surface area contributed by atoms with E-state index in [0.717, 1.165) is 28.7 Å². The monoisotopic (exact) mass is 393 g/mol. The molecule has 120 valence electrons. The van der Waals surface area contributed by atoms with Crippen LogP contribution in [0, 0.1) is 6.92 Å². The molecule has 2 amide bonds. The van der Waals surface area contributed by atoms with Crippen molar-refractivity contribution in [2.24, 2.45) is 0 Å². The maximum atomic E-state index is 12.1. The van der Waals surface area contributed by atoms with Gasteiger partial charge in [-0.15, -0.1) is 11.3 Å². The Morgan fingerprint density at radius 1 is 1.48 bits per heavy atom. The molecule has 1 aliphatic rings. The highest BCUT2D eigenvalue weighted by Gasteiger charge is 2.24. The van der Waals surface area contributed by atoms with E-state index in [1.807, 2.05) is 30.5 Å². The smallest absolute Gasteiger partial charge is 0.230 e. The second-order valence-electron chi connectivity index (χ2n) is 5.46. The molecule has 0 saturated carbocycles. The SMILES string of the molecule is Cc1ccc(NC(=O)Cc2csc(N3CCCC3=O)n2)cc1Br. The fraction of sp³-hybridized carbons (Fsp3) is 0.312.